The molecule has 1 atom stereocenters. The number of aryl methyl sites for hydroxylation is 2. The van der Waals surface area contributed by atoms with Crippen LogP contribution >= 0.6 is 11.3 Å². The van der Waals surface area contributed by atoms with E-state index in [2.05, 4.69) is 43.0 Å². The Morgan fingerprint density at radius 3 is 3.00 bits per heavy atom. The Morgan fingerprint density at radius 1 is 1.43 bits per heavy atom. The summed E-state index contributed by atoms with van der Waals surface area (Å²) in [6.07, 6.45) is 1.61. The summed E-state index contributed by atoms with van der Waals surface area (Å²) in [4.78, 5) is 10.9. The predicted molar refractivity (Wildman–Crippen MR) is 84.2 cm³/mol. The number of hydrogen-bond donors (Lipinski definition) is 1. The molecule has 0 spiro atoms. The third-order valence-corrected chi connectivity index (χ3v) is 4.86. The second-order valence-corrected chi connectivity index (χ2v) is 7.29. The van der Waals surface area contributed by atoms with Crippen LogP contribution in [0.1, 0.15) is 24.3 Å². The van der Waals surface area contributed by atoms with Gasteiger partial charge in [0.25, 0.3) is 0 Å². The van der Waals surface area contributed by atoms with Crippen LogP contribution in [0.25, 0.3) is 10.2 Å². The van der Waals surface area contributed by atoms with Crippen molar-refractivity contribution in [1.29, 1.82) is 0 Å². The van der Waals surface area contributed by atoms with E-state index in [0.717, 1.165) is 23.3 Å². The number of aromatic nitrogens is 2. The molecule has 1 N–H and O–H groups in total. The third-order valence-electron chi connectivity index (χ3n) is 3.74. The predicted octanol–water partition coefficient (Wildman–Crippen LogP) is 2.45. The Morgan fingerprint density at radius 2 is 2.24 bits per heavy atom. The lowest BCUT2D eigenvalue weighted by molar-refractivity contribution is -0.107. The van der Waals surface area contributed by atoms with Crippen molar-refractivity contribution >= 4 is 21.6 Å². The summed E-state index contributed by atoms with van der Waals surface area (Å²) >= 11 is 1.68. The maximum atomic E-state index is 6.01. The number of nitrogens with zero attached hydrogens (tertiary/aromatic N) is 2. The lowest BCUT2D eigenvalue weighted by atomic mass is 10.1. The summed E-state index contributed by atoms with van der Waals surface area (Å²) < 4.78 is 12.0. The maximum Gasteiger partial charge on any atom is 0.225 e. The molecule has 0 aromatic carbocycles. The first-order valence-electron chi connectivity index (χ1n) is 7.18. The number of ether oxygens (including phenoxy) is 2. The monoisotopic (exact) mass is 307 g/mol. The van der Waals surface area contributed by atoms with Crippen molar-refractivity contribution in [3.63, 3.8) is 0 Å². The number of nitrogens with one attached hydrogen (secondary N) is 1. The van der Waals surface area contributed by atoms with Crippen molar-refractivity contribution < 1.29 is 9.47 Å². The summed E-state index contributed by atoms with van der Waals surface area (Å²) in [6, 6.07) is 0. The Kier molecular flexibility index (Phi) is 3.86. The van der Waals surface area contributed by atoms with Crippen LogP contribution in [0.3, 0.4) is 0 Å². The van der Waals surface area contributed by atoms with E-state index in [0.29, 0.717) is 12.5 Å². The highest BCUT2D eigenvalue weighted by atomic mass is 32.1. The van der Waals surface area contributed by atoms with Crippen LogP contribution in [0.4, 0.5) is 0 Å². The van der Waals surface area contributed by atoms with E-state index in [4.69, 9.17) is 9.47 Å². The summed E-state index contributed by atoms with van der Waals surface area (Å²) in [5.41, 5.74) is 1.05. The average Bonchev–Trinajstić information content (AvgIpc) is 2.71. The first-order chi connectivity index (χ1) is 9.96. The topological polar surface area (TPSA) is 56.3 Å². The summed E-state index contributed by atoms with van der Waals surface area (Å²) in [7, 11) is 0. The molecule has 1 aliphatic rings. The van der Waals surface area contributed by atoms with E-state index in [1.807, 2.05) is 0 Å². The highest BCUT2D eigenvalue weighted by Crippen LogP contribution is 2.33. The SMILES string of the molecule is Cc1sc2ncnc(OCC3CNCC(C)(C)O3)c2c1C. The minimum absolute atomic E-state index is 0.0406. The van der Waals surface area contributed by atoms with Crippen molar-refractivity contribution in [2.75, 3.05) is 19.7 Å². The molecule has 3 rings (SSSR count). The quantitative estimate of drug-likeness (QED) is 0.944. The zero-order valence-electron chi connectivity index (χ0n) is 12.9. The van der Waals surface area contributed by atoms with Crippen molar-refractivity contribution in [1.82, 2.24) is 15.3 Å². The van der Waals surface area contributed by atoms with Gasteiger partial charge in [0.15, 0.2) is 0 Å². The molecule has 2 aromatic rings. The number of morpholine rings is 1. The van der Waals surface area contributed by atoms with Gasteiger partial charge in [0, 0.05) is 18.0 Å². The van der Waals surface area contributed by atoms with E-state index in [1.54, 1.807) is 17.7 Å². The van der Waals surface area contributed by atoms with Gasteiger partial charge in [-0.15, -0.1) is 11.3 Å². The lowest BCUT2D eigenvalue weighted by Gasteiger charge is -2.36. The molecule has 3 heterocycles. The van der Waals surface area contributed by atoms with Crippen molar-refractivity contribution in [2.24, 2.45) is 0 Å². The minimum Gasteiger partial charge on any atom is -0.474 e. The van der Waals surface area contributed by atoms with Crippen LogP contribution in [0.5, 0.6) is 5.88 Å². The Labute approximate surface area is 128 Å². The molecular weight excluding hydrogens is 286 g/mol. The average molecular weight is 307 g/mol. The van der Waals surface area contributed by atoms with Crippen molar-refractivity contribution in [2.45, 2.75) is 39.4 Å². The van der Waals surface area contributed by atoms with Gasteiger partial charge in [0.05, 0.1) is 11.0 Å². The van der Waals surface area contributed by atoms with Crippen LogP contribution < -0.4 is 10.1 Å². The molecule has 1 saturated heterocycles. The molecule has 0 bridgehead atoms. The molecule has 1 fully saturated rings. The zero-order valence-corrected chi connectivity index (χ0v) is 13.7. The van der Waals surface area contributed by atoms with E-state index in [9.17, 15) is 0 Å². The largest absolute Gasteiger partial charge is 0.474 e. The van der Waals surface area contributed by atoms with Gasteiger partial charge < -0.3 is 14.8 Å². The molecule has 6 heteroatoms. The van der Waals surface area contributed by atoms with E-state index < -0.39 is 0 Å². The second-order valence-electron chi connectivity index (χ2n) is 6.08. The van der Waals surface area contributed by atoms with Crippen molar-refractivity contribution in [3.8, 4) is 5.88 Å². The van der Waals surface area contributed by atoms with Gasteiger partial charge in [0.1, 0.15) is 23.9 Å². The first kappa shape index (κ1) is 14.7. The molecule has 0 radical (unpaired) electrons. The highest BCUT2D eigenvalue weighted by Gasteiger charge is 2.29. The number of hydrogen-bond acceptors (Lipinski definition) is 6. The molecule has 2 aromatic heterocycles. The first-order valence-corrected chi connectivity index (χ1v) is 8.00. The molecule has 114 valence electrons. The van der Waals surface area contributed by atoms with Crippen LogP contribution in [0.15, 0.2) is 6.33 Å². The molecule has 21 heavy (non-hydrogen) atoms. The third kappa shape index (κ3) is 3.02. The van der Waals surface area contributed by atoms with E-state index in [1.165, 1.54) is 10.4 Å². The molecular formula is C15H21N3O2S. The lowest BCUT2D eigenvalue weighted by Crippen LogP contribution is -2.52. The summed E-state index contributed by atoms with van der Waals surface area (Å²) in [5, 5.41) is 4.41. The Balaban J connectivity index is 1.76. The normalized spacial score (nSPS) is 21.6. The maximum absolute atomic E-state index is 6.01. The standard InChI is InChI=1S/C15H21N3O2S/c1-9-10(2)21-14-12(9)13(17-8-18-14)19-6-11-5-16-7-15(3,4)20-11/h8,11,16H,5-7H2,1-4H3. The van der Waals surface area contributed by atoms with Gasteiger partial charge >= 0.3 is 0 Å². The number of rotatable bonds is 3. The van der Waals surface area contributed by atoms with Crippen LogP contribution in [-0.4, -0.2) is 41.4 Å². The van der Waals surface area contributed by atoms with Gasteiger partial charge in [-0.3, -0.25) is 0 Å². The summed E-state index contributed by atoms with van der Waals surface area (Å²) in [5.74, 6) is 0.661. The molecule has 5 nitrogen and oxygen atoms in total. The summed E-state index contributed by atoms with van der Waals surface area (Å²) in [6.45, 7) is 10.5. The zero-order chi connectivity index (χ0) is 15.0. The van der Waals surface area contributed by atoms with Gasteiger partial charge in [-0.2, -0.15) is 0 Å². The molecule has 0 saturated carbocycles. The molecule has 1 aliphatic heterocycles. The fraction of sp³-hybridized carbons (Fsp3) is 0.600. The molecule has 0 amide bonds. The smallest absolute Gasteiger partial charge is 0.225 e. The van der Waals surface area contributed by atoms with Crippen LogP contribution in [0.2, 0.25) is 0 Å². The minimum atomic E-state index is -0.151. The van der Waals surface area contributed by atoms with Crippen LogP contribution in [-0.2, 0) is 4.74 Å². The van der Waals surface area contributed by atoms with Crippen LogP contribution in [0, 0.1) is 13.8 Å². The fourth-order valence-corrected chi connectivity index (χ4v) is 3.58. The highest BCUT2D eigenvalue weighted by molar-refractivity contribution is 7.18. The Bertz CT molecular complexity index is 654. The molecule has 0 aliphatic carbocycles. The van der Waals surface area contributed by atoms with Crippen molar-refractivity contribution in [3.05, 3.63) is 16.8 Å². The van der Waals surface area contributed by atoms with Gasteiger partial charge in [0.2, 0.25) is 5.88 Å². The van der Waals surface area contributed by atoms with E-state index in [-0.39, 0.29) is 11.7 Å². The Hall–Kier alpha value is -1.24. The second kappa shape index (κ2) is 5.51. The van der Waals surface area contributed by atoms with E-state index >= 15 is 0 Å². The number of thiophene rings is 1. The van der Waals surface area contributed by atoms with Gasteiger partial charge in [-0.25, -0.2) is 9.97 Å². The van der Waals surface area contributed by atoms with Gasteiger partial charge in [-0.1, -0.05) is 0 Å². The fourth-order valence-electron chi connectivity index (χ4n) is 2.59. The van der Waals surface area contributed by atoms with Gasteiger partial charge in [-0.05, 0) is 33.3 Å². The number of fused-ring (bicyclic) bond motifs is 1. The molecule has 1 unspecified atom stereocenters.